The third-order valence-corrected chi connectivity index (χ3v) is 4.28. The molecule has 6 nitrogen and oxygen atoms in total. The lowest BCUT2D eigenvalue weighted by Gasteiger charge is -2.35. The van der Waals surface area contributed by atoms with Crippen molar-refractivity contribution in [2.75, 3.05) is 13.1 Å². The highest BCUT2D eigenvalue weighted by atomic mass is 16.4. The van der Waals surface area contributed by atoms with Gasteiger partial charge in [0.2, 0.25) is 11.8 Å². The normalized spacial score (nSPS) is 27.3. The van der Waals surface area contributed by atoms with Gasteiger partial charge in [-0.3, -0.25) is 14.4 Å². The van der Waals surface area contributed by atoms with Crippen LogP contribution in [-0.4, -0.2) is 40.9 Å². The van der Waals surface area contributed by atoms with Crippen LogP contribution in [0.15, 0.2) is 12.2 Å². The molecule has 1 aliphatic carbocycles. The van der Waals surface area contributed by atoms with Crippen molar-refractivity contribution in [2.45, 2.75) is 25.7 Å². The molecule has 0 aromatic rings. The van der Waals surface area contributed by atoms with E-state index in [4.69, 9.17) is 5.73 Å². The zero-order chi connectivity index (χ0) is 14.7. The predicted molar refractivity (Wildman–Crippen MR) is 71.5 cm³/mol. The Hall–Kier alpha value is -1.85. The van der Waals surface area contributed by atoms with Gasteiger partial charge in [0.15, 0.2) is 0 Å². The molecule has 0 saturated carbocycles. The average molecular weight is 280 g/mol. The first kappa shape index (κ1) is 14.6. The molecule has 2 rings (SSSR count). The minimum absolute atomic E-state index is 0.107. The Labute approximate surface area is 117 Å². The number of carboxylic acids is 1. The molecule has 2 unspecified atom stereocenters. The molecule has 1 aliphatic heterocycles. The van der Waals surface area contributed by atoms with E-state index in [0.29, 0.717) is 38.8 Å². The van der Waals surface area contributed by atoms with Crippen LogP contribution >= 0.6 is 0 Å². The first-order valence-electron chi connectivity index (χ1n) is 6.96. The van der Waals surface area contributed by atoms with Crippen molar-refractivity contribution in [1.82, 2.24) is 4.90 Å². The minimum Gasteiger partial charge on any atom is -0.481 e. The number of primary amides is 1. The fourth-order valence-electron chi connectivity index (χ4n) is 2.98. The third-order valence-electron chi connectivity index (χ3n) is 4.28. The molecule has 2 amide bonds. The molecule has 3 N–H and O–H groups in total. The number of nitrogens with two attached hydrogens (primary N) is 1. The molecular formula is C14H20N2O4. The van der Waals surface area contributed by atoms with Gasteiger partial charge in [0, 0.05) is 19.0 Å². The summed E-state index contributed by atoms with van der Waals surface area (Å²) in [5.74, 6) is -2.63. The highest BCUT2D eigenvalue weighted by Crippen LogP contribution is 2.29. The lowest BCUT2D eigenvalue weighted by molar-refractivity contribution is -0.151. The summed E-state index contributed by atoms with van der Waals surface area (Å²) in [5, 5.41) is 9.20. The standard InChI is InChI=1S/C14H20N2O4/c15-12(17)9-5-7-16(8-6-9)13(18)10-3-1-2-4-11(10)14(19)20/h1-2,9-11H,3-8H2,(H2,15,17)(H,19,20). The maximum absolute atomic E-state index is 12.5. The number of carbonyl (C=O) groups excluding carboxylic acids is 2. The summed E-state index contributed by atoms with van der Waals surface area (Å²) in [6, 6.07) is 0. The Balaban J connectivity index is 1.99. The van der Waals surface area contributed by atoms with Crippen molar-refractivity contribution in [1.29, 1.82) is 0 Å². The number of hydrogen-bond acceptors (Lipinski definition) is 3. The molecule has 0 aromatic carbocycles. The van der Waals surface area contributed by atoms with Gasteiger partial charge in [-0.05, 0) is 25.7 Å². The van der Waals surface area contributed by atoms with E-state index in [2.05, 4.69) is 0 Å². The summed E-state index contributed by atoms with van der Waals surface area (Å²) < 4.78 is 0. The Kier molecular flexibility index (Phi) is 4.42. The van der Waals surface area contributed by atoms with Gasteiger partial charge in [-0.15, -0.1) is 0 Å². The second kappa shape index (κ2) is 6.07. The topological polar surface area (TPSA) is 101 Å². The molecule has 0 spiro atoms. The smallest absolute Gasteiger partial charge is 0.307 e. The fourth-order valence-corrected chi connectivity index (χ4v) is 2.98. The first-order chi connectivity index (χ1) is 9.50. The monoisotopic (exact) mass is 280 g/mol. The minimum atomic E-state index is -0.917. The summed E-state index contributed by atoms with van der Waals surface area (Å²) in [7, 11) is 0. The summed E-state index contributed by atoms with van der Waals surface area (Å²) in [6.45, 7) is 0.970. The van der Waals surface area contributed by atoms with Gasteiger partial charge >= 0.3 is 5.97 Å². The highest BCUT2D eigenvalue weighted by Gasteiger charge is 2.37. The maximum Gasteiger partial charge on any atom is 0.307 e. The molecule has 2 atom stereocenters. The van der Waals surface area contributed by atoms with Crippen LogP contribution < -0.4 is 5.73 Å². The predicted octanol–water partition coefficient (Wildman–Crippen LogP) is 0.377. The van der Waals surface area contributed by atoms with E-state index in [1.807, 2.05) is 12.2 Å². The van der Waals surface area contributed by atoms with Crippen LogP contribution in [0.1, 0.15) is 25.7 Å². The number of carboxylic acid groups (broad SMARTS) is 1. The van der Waals surface area contributed by atoms with Crippen molar-refractivity contribution in [3.63, 3.8) is 0 Å². The second-order valence-corrected chi connectivity index (χ2v) is 5.50. The number of carbonyl (C=O) groups is 3. The molecule has 20 heavy (non-hydrogen) atoms. The molecule has 0 aromatic heterocycles. The van der Waals surface area contributed by atoms with Crippen molar-refractivity contribution in [3.05, 3.63) is 12.2 Å². The second-order valence-electron chi connectivity index (χ2n) is 5.50. The zero-order valence-corrected chi connectivity index (χ0v) is 11.3. The molecule has 110 valence electrons. The van der Waals surface area contributed by atoms with Gasteiger partial charge in [-0.25, -0.2) is 0 Å². The summed E-state index contributed by atoms with van der Waals surface area (Å²) in [4.78, 5) is 36.5. The molecule has 1 saturated heterocycles. The molecule has 1 heterocycles. The van der Waals surface area contributed by atoms with E-state index in [9.17, 15) is 19.5 Å². The average Bonchev–Trinajstić information content (AvgIpc) is 2.46. The van der Waals surface area contributed by atoms with Crippen LogP contribution in [0, 0.1) is 17.8 Å². The van der Waals surface area contributed by atoms with E-state index >= 15 is 0 Å². The van der Waals surface area contributed by atoms with Gasteiger partial charge in [0.1, 0.15) is 0 Å². The van der Waals surface area contributed by atoms with E-state index in [1.165, 1.54) is 0 Å². The number of piperidine rings is 1. The van der Waals surface area contributed by atoms with E-state index in [-0.39, 0.29) is 17.7 Å². The quantitative estimate of drug-likeness (QED) is 0.730. The number of likely N-dealkylation sites (tertiary alicyclic amines) is 1. The fraction of sp³-hybridized carbons (Fsp3) is 0.643. The van der Waals surface area contributed by atoms with Crippen LogP contribution in [-0.2, 0) is 14.4 Å². The number of hydrogen-bond donors (Lipinski definition) is 2. The highest BCUT2D eigenvalue weighted by molar-refractivity contribution is 5.85. The molecule has 0 radical (unpaired) electrons. The Morgan fingerprint density at radius 1 is 1.05 bits per heavy atom. The van der Waals surface area contributed by atoms with Crippen molar-refractivity contribution >= 4 is 17.8 Å². The van der Waals surface area contributed by atoms with Gasteiger partial charge < -0.3 is 15.7 Å². The molecule has 0 bridgehead atoms. The first-order valence-corrected chi connectivity index (χ1v) is 6.96. The number of aliphatic carboxylic acids is 1. The van der Waals surface area contributed by atoms with Crippen molar-refractivity contribution in [2.24, 2.45) is 23.5 Å². The molecule has 2 aliphatic rings. The van der Waals surface area contributed by atoms with Crippen molar-refractivity contribution in [3.8, 4) is 0 Å². The number of rotatable bonds is 3. The maximum atomic E-state index is 12.5. The van der Waals surface area contributed by atoms with E-state index in [1.54, 1.807) is 4.90 Å². The van der Waals surface area contributed by atoms with Crippen LogP contribution in [0.4, 0.5) is 0 Å². The third kappa shape index (κ3) is 3.00. The lowest BCUT2D eigenvalue weighted by atomic mass is 9.81. The van der Waals surface area contributed by atoms with E-state index in [0.717, 1.165) is 0 Å². The zero-order valence-electron chi connectivity index (χ0n) is 11.3. The van der Waals surface area contributed by atoms with Gasteiger partial charge in [-0.1, -0.05) is 12.2 Å². The van der Waals surface area contributed by atoms with Gasteiger partial charge in [0.25, 0.3) is 0 Å². The Morgan fingerprint density at radius 3 is 2.10 bits per heavy atom. The van der Waals surface area contributed by atoms with Crippen LogP contribution in [0.2, 0.25) is 0 Å². The summed E-state index contributed by atoms with van der Waals surface area (Å²) in [6.07, 6.45) is 5.72. The Bertz CT molecular complexity index is 438. The number of nitrogens with zero attached hydrogens (tertiary/aromatic N) is 1. The number of amides is 2. The lowest BCUT2D eigenvalue weighted by Crippen LogP contribution is -2.46. The molecule has 1 fully saturated rings. The van der Waals surface area contributed by atoms with Gasteiger partial charge in [0.05, 0.1) is 11.8 Å². The van der Waals surface area contributed by atoms with Gasteiger partial charge in [-0.2, -0.15) is 0 Å². The van der Waals surface area contributed by atoms with Crippen LogP contribution in [0.25, 0.3) is 0 Å². The van der Waals surface area contributed by atoms with Crippen LogP contribution in [0.3, 0.4) is 0 Å². The van der Waals surface area contributed by atoms with E-state index < -0.39 is 17.8 Å². The molecular weight excluding hydrogens is 260 g/mol. The summed E-state index contributed by atoms with van der Waals surface area (Å²) in [5.41, 5.74) is 5.26. The largest absolute Gasteiger partial charge is 0.481 e. The molecule has 6 heteroatoms. The summed E-state index contributed by atoms with van der Waals surface area (Å²) >= 11 is 0. The Morgan fingerprint density at radius 2 is 1.60 bits per heavy atom. The number of allylic oxidation sites excluding steroid dienone is 2. The van der Waals surface area contributed by atoms with Crippen molar-refractivity contribution < 1.29 is 19.5 Å². The SMILES string of the molecule is NC(=O)C1CCN(C(=O)C2CC=CCC2C(=O)O)CC1. The van der Waals surface area contributed by atoms with Crippen LogP contribution in [0.5, 0.6) is 0 Å².